The van der Waals surface area contributed by atoms with Gasteiger partial charge in [-0.2, -0.15) is 9.37 Å². The second-order valence-corrected chi connectivity index (χ2v) is 7.44. The summed E-state index contributed by atoms with van der Waals surface area (Å²) in [5.41, 5.74) is 7.75. The first-order chi connectivity index (χ1) is 15.9. The van der Waals surface area contributed by atoms with Gasteiger partial charge in [-0.1, -0.05) is 89.0 Å². The maximum absolute atomic E-state index is 13.7. The fourth-order valence-corrected chi connectivity index (χ4v) is 3.04. The summed E-state index contributed by atoms with van der Waals surface area (Å²) in [6.07, 6.45) is -1.14. The van der Waals surface area contributed by atoms with Gasteiger partial charge < -0.3 is 20.0 Å². The summed E-state index contributed by atoms with van der Waals surface area (Å²) in [5, 5.41) is 3.59. The Morgan fingerprint density at radius 1 is 1.03 bits per heavy atom. The average molecular weight is 492 g/mol. The Labute approximate surface area is 199 Å². The number of carbonyl (C=O) groups excluding carboxylic acids is 1. The topological polar surface area (TPSA) is 96.0 Å². The lowest BCUT2D eigenvalue weighted by Crippen LogP contribution is -2.28. The van der Waals surface area contributed by atoms with Crippen LogP contribution in [0.2, 0.25) is 10.0 Å². The Bertz CT molecular complexity index is 1090. The monoisotopic (exact) mass is 491 g/mol. The van der Waals surface area contributed by atoms with E-state index in [9.17, 15) is 9.18 Å². The zero-order valence-corrected chi connectivity index (χ0v) is 19.0. The third kappa shape index (κ3) is 6.34. The van der Waals surface area contributed by atoms with Gasteiger partial charge in [0, 0.05) is 11.1 Å². The summed E-state index contributed by atoms with van der Waals surface area (Å²) in [5.74, 6) is -2.16. The molecular weight excluding hydrogens is 472 g/mol. The number of ether oxygens (including phenoxy) is 2. The van der Waals surface area contributed by atoms with Crippen LogP contribution in [0.15, 0.2) is 65.8 Å². The highest BCUT2D eigenvalue weighted by Crippen LogP contribution is 2.35. The first-order valence-electron chi connectivity index (χ1n) is 9.82. The van der Waals surface area contributed by atoms with Crippen LogP contribution in [-0.4, -0.2) is 36.0 Å². The predicted octanol–water partition coefficient (Wildman–Crippen LogP) is 4.89. The predicted molar refractivity (Wildman–Crippen MR) is 124 cm³/mol. The van der Waals surface area contributed by atoms with Crippen molar-refractivity contribution in [2.45, 2.75) is 13.0 Å². The van der Waals surface area contributed by atoms with E-state index in [1.807, 2.05) is 60.7 Å². The molecule has 0 saturated carbocycles. The fourth-order valence-electron chi connectivity index (χ4n) is 2.67. The molecule has 0 spiro atoms. The molecule has 0 aliphatic carbocycles. The van der Waals surface area contributed by atoms with Crippen molar-refractivity contribution in [2.75, 3.05) is 18.9 Å². The van der Waals surface area contributed by atoms with Gasteiger partial charge in [0.15, 0.2) is 12.7 Å². The normalized spacial score (nSPS) is 11.4. The third-order valence-electron chi connectivity index (χ3n) is 4.33. The second-order valence-electron chi connectivity index (χ2n) is 6.68. The number of anilines is 1. The minimum absolute atomic E-state index is 0.00313. The van der Waals surface area contributed by atoms with Crippen LogP contribution in [-0.2, 0) is 14.4 Å². The molecule has 0 aliphatic rings. The smallest absolute Gasteiger partial charge is 0.347 e. The van der Waals surface area contributed by atoms with E-state index in [1.165, 1.54) is 6.92 Å². The molecule has 0 aliphatic heterocycles. The number of aromatic nitrogens is 1. The van der Waals surface area contributed by atoms with E-state index in [0.29, 0.717) is 5.71 Å². The Kier molecular flexibility index (Phi) is 8.46. The molecule has 2 N–H and O–H groups in total. The molecule has 1 heterocycles. The maximum Gasteiger partial charge on any atom is 0.347 e. The third-order valence-corrected chi connectivity index (χ3v) is 5.06. The van der Waals surface area contributed by atoms with Gasteiger partial charge in [0.2, 0.25) is 11.8 Å². The van der Waals surface area contributed by atoms with Crippen molar-refractivity contribution in [2.24, 2.45) is 5.16 Å². The standard InChI is InChI=1S/C23H20Cl2FN3O4/c1-14(33-22-18(25)19(27)17(24)21(26)28-22)23(30)31-12-13-32-29-20(15-8-4-2-5-9-15)16-10-6-3-7-11-16/h2-11,14H,12-13H2,1H3,(H2,27,28)/t14-/m1/s1. The van der Waals surface area contributed by atoms with E-state index in [4.69, 9.17) is 43.2 Å². The number of esters is 1. The van der Waals surface area contributed by atoms with E-state index in [1.54, 1.807) is 0 Å². The number of hydrogen-bond donors (Lipinski definition) is 1. The number of nitrogens with zero attached hydrogens (tertiary/aromatic N) is 2. The van der Waals surface area contributed by atoms with E-state index < -0.39 is 23.0 Å². The zero-order chi connectivity index (χ0) is 23.8. The fraction of sp³-hybridized carbons (Fsp3) is 0.174. The molecule has 0 radical (unpaired) electrons. The van der Waals surface area contributed by atoms with Crippen LogP contribution in [0.3, 0.4) is 0 Å². The maximum atomic E-state index is 13.7. The highest BCUT2D eigenvalue weighted by Gasteiger charge is 2.22. The molecule has 7 nitrogen and oxygen atoms in total. The first kappa shape index (κ1) is 24.3. The minimum atomic E-state index is -1.14. The first-order valence-corrected chi connectivity index (χ1v) is 10.6. The summed E-state index contributed by atoms with van der Waals surface area (Å²) in [7, 11) is 0. The van der Waals surface area contributed by atoms with Gasteiger partial charge in [-0.15, -0.1) is 0 Å². The van der Waals surface area contributed by atoms with Gasteiger partial charge in [0.05, 0.1) is 5.69 Å². The molecule has 172 valence electrons. The van der Waals surface area contributed by atoms with Crippen molar-refractivity contribution in [3.05, 3.63) is 87.8 Å². The number of carbonyl (C=O) groups is 1. The van der Waals surface area contributed by atoms with Crippen molar-refractivity contribution in [3.8, 4) is 5.88 Å². The van der Waals surface area contributed by atoms with Gasteiger partial charge in [-0.25, -0.2) is 4.79 Å². The van der Waals surface area contributed by atoms with Crippen LogP contribution in [0, 0.1) is 5.95 Å². The van der Waals surface area contributed by atoms with Crippen molar-refractivity contribution in [1.82, 2.24) is 4.98 Å². The highest BCUT2D eigenvalue weighted by atomic mass is 35.5. The lowest BCUT2D eigenvalue weighted by Gasteiger charge is -2.15. The van der Waals surface area contributed by atoms with Crippen LogP contribution in [0.4, 0.5) is 10.1 Å². The molecule has 0 saturated heterocycles. The Morgan fingerprint density at radius 2 is 1.61 bits per heavy atom. The Hall–Kier alpha value is -3.36. The summed E-state index contributed by atoms with van der Waals surface area (Å²) in [6, 6.07) is 19.1. The minimum Gasteiger partial charge on any atom is -0.461 e. The Balaban J connectivity index is 1.55. The van der Waals surface area contributed by atoms with Crippen molar-refractivity contribution < 1.29 is 23.5 Å². The summed E-state index contributed by atoms with van der Waals surface area (Å²) in [4.78, 5) is 21.0. The molecule has 10 heteroatoms. The number of benzene rings is 2. The summed E-state index contributed by atoms with van der Waals surface area (Å²) >= 11 is 11.6. The second kappa shape index (κ2) is 11.5. The van der Waals surface area contributed by atoms with Crippen molar-refractivity contribution in [1.29, 1.82) is 0 Å². The molecule has 3 aromatic rings. The van der Waals surface area contributed by atoms with E-state index in [-0.39, 0.29) is 29.8 Å². The molecule has 33 heavy (non-hydrogen) atoms. The van der Waals surface area contributed by atoms with Gasteiger partial charge in [0.25, 0.3) is 0 Å². The number of rotatable bonds is 9. The van der Waals surface area contributed by atoms with Crippen LogP contribution in [0.1, 0.15) is 18.1 Å². The molecule has 1 aromatic heterocycles. The summed E-state index contributed by atoms with van der Waals surface area (Å²) in [6.45, 7) is 1.30. The van der Waals surface area contributed by atoms with Gasteiger partial charge in [-0.05, 0) is 6.92 Å². The van der Waals surface area contributed by atoms with E-state index >= 15 is 0 Å². The molecular formula is C23H20Cl2FN3O4. The largest absolute Gasteiger partial charge is 0.461 e. The van der Waals surface area contributed by atoms with Crippen LogP contribution >= 0.6 is 23.2 Å². The molecule has 0 unspecified atom stereocenters. The molecule has 0 fully saturated rings. The molecule has 0 amide bonds. The van der Waals surface area contributed by atoms with Crippen molar-refractivity contribution in [3.63, 3.8) is 0 Å². The number of nitrogens with two attached hydrogens (primary N) is 1. The lowest BCUT2D eigenvalue weighted by molar-refractivity contribution is -0.152. The number of oxime groups is 1. The van der Waals surface area contributed by atoms with Crippen LogP contribution in [0.25, 0.3) is 0 Å². The number of hydrogen-bond acceptors (Lipinski definition) is 7. The van der Waals surface area contributed by atoms with Crippen molar-refractivity contribution >= 4 is 40.6 Å². The molecule has 2 aromatic carbocycles. The molecule has 0 bridgehead atoms. The van der Waals surface area contributed by atoms with Gasteiger partial charge in [0.1, 0.15) is 22.4 Å². The van der Waals surface area contributed by atoms with Gasteiger partial charge >= 0.3 is 5.97 Å². The lowest BCUT2D eigenvalue weighted by atomic mass is 10.0. The van der Waals surface area contributed by atoms with E-state index in [0.717, 1.165) is 11.1 Å². The average Bonchev–Trinajstić information content (AvgIpc) is 2.84. The number of halogens is 3. The molecule has 3 rings (SSSR count). The quantitative estimate of drug-likeness (QED) is 0.150. The summed E-state index contributed by atoms with van der Waals surface area (Å²) < 4.78 is 24.0. The molecule has 1 atom stereocenters. The number of nitrogen functional groups attached to an aromatic ring is 1. The Morgan fingerprint density at radius 3 is 2.18 bits per heavy atom. The zero-order valence-electron chi connectivity index (χ0n) is 17.5. The SMILES string of the molecule is C[C@@H](Oc1nc(F)c(Cl)c(N)c1Cl)C(=O)OCCON=C(c1ccccc1)c1ccccc1. The number of pyridine rings is 1. The highest BCUT2D eigenvalue weighted by molar-refractivity contribution is 6.39. The van der Waals surface area contributed by atoms with Crippen LogP contribution in [0.5, 0.6) is 5.88 Å². The van der Waals surface area contributed by atoms with Gasteiger partial charge in [-0.3, -0.25) is 0 Å². The van der Waals surface area contributed by atoms with Crippen LogP contribution < -0.4 is 10.5 Å². The van der Waals surface area contributed by atoms with E-state index in [2.05, 4.69) is 10.1 Å².